The van der Waals surface area contributed by atoms with E-state index in [0.29, 0.717) is 0 Å². The normalized spacial score (nSPS) is 16.0. The van der Waals surface area contributed by atoms with Crippen molar-refractivity contribution in [3.63, 3.8) is 0 Å². The van der Waals surface area contributed by atoms with Gasteiger partial charge in [0.2, 0.25) is 5.95 Å². The van der Waals surface area contributed by atoms with Crippen molar-refractivity contribution >= 4 is 17.7 Å². The Morgan fingerprint density at radius 2 is 2.11 bits per heavy atom. The van der Waals surface area contributed by atoms with E-state index in [1.165, 1.54) is 0 Å². The molecule has 0 bridgehead atoms. The minimum Gasteiger partial charge on any atom is -0.341 e. The number of nitrogens with zero attached hydrogens (tertiary/aromatic N) is 3. The molecule has 18 heavy (non-hydrogen) atoms. The van der Waals surface area contributed by atoms with Crippen molar-refractivity contribution in [2.24, 2.45) is 0 Å². The highest BCUT2D eigenvalue weighted by atomic mass is 32.2. The van der Waals surface area contributed by atoms with Crippen LogP contribution in [0.4, 0.5) is 5.95 Å². The Labute approximate surface area is 112 Å². The van der Waals surface area contributed by atoms with Gasteiger partial charge in [0.1, 0.15) is 0 Å². The highest BCUT2D eigenvalue weighted by molar-refractivity contribution is 7.99. The van der Waals surface area contributed by atoms with Crippen LogP contribution in [0.25, 0.3) is 0 Å². The molecule has 1 aromatic rings. The van der Waals surface area contributed by atoms with Crippen LogP contribution >= 0.6 is 11.8 Å². The van der Waals surface area contributed by atoms with Crippen molar-refractivity contribution in [1.29, 1.82) is 0 Å². The van der Waals surface area contributed by atoms with Crippen LogP contribution < -0.4 is 10.5 Å². The fourth-order valence-electron chi connectivity index (χ4n) is 2.14. The van der Waals surface area contributed by atoms with Crippen molar-refractivity contribution in [2.45, 2.75) is 33.2 Å². The minimum atomic E-state index is 0.0872. The van der Waals surface area contributed by atoms with E-state index >= 15 is 0 Å². The Balaban J connectivity index is 2.32. The SMILES string of the molecule is CCCCn1c(N2CCSCC2)nc(C)cc1=O. The average molecular weight is 267 g/mol. The van der Waals surface area contributed by atoms with Crippen LogP contribution in [0.1, 0.15) is 25.5 Å². The van der Waals surface area contributed by atoms with Gasteiger partial charge in [0.15, 0.2) is 0 Å². The third kappa shape index (κ3) is 3.07. The van der Waals surface area contributed by atoms with Crippen LogP contribution in [0.5, 0.6) is 0 Å². The molecule has 0 radical (unpaired) electrons. The highest BCUT2D eigenvalue weighted by Gasteiger charge is 2.17. The summed E-state index contributed by atoms with van der Waals surface area (Å²) < 4.78 is 1.84. The van der Waals surface area contributed by atoms with Gasteiger partial charge in [-0.2, -0.15) is 11.8 Å². The topological polar surface area (TPSA) is 38.1 Å². The maximum Gasteiger partial charge on any atom is 0.255 e. The second-order valence-corrected chi connectivity index (χ2v) is 5.87. The zero-order valence-corrected chi connectivity index (χ0v) is 12.0. The predicted octanol–water partition coefficient (Wildman–Crippen LogP) is 1.91. The largest absolute Gasteiger partial charge is 0.341 e. The van der Waals surface area contributed by atoms with E-state index < -0.39 is 0 Å². The van der Waals surface area contributed by atoms with Gasteiger partial charge in [-0.25, -0.2) is 4.98 Å². The first-order valence-electron chi connectivity index (χ1n) is 6.63. The molecule has 2 heterocycles. The molecule has 1 aliphatic heterocycles. The Hall–Kier alpha value is -0.970. The Morgan fingerprint density at radius 3 is 2.78 bits per heavy atom. The Kier molecular flexibility index (Phi) is 4.69. The number of hydrogen-bond acceptors (Lipinski definition) is 4. The maximum absolute atomic E-state index is 12.1. The molecule has 0 unspecified atom stereocenters. The Bertz CT molecular complexity index is 452. The summed E-state index contributed by atoms with van der Waals surface area (Å²) >= 11 is 1.97. The van der Waals surface area contributed by atoms with Crippen molar-refractivity contribution < 1.29 is 0 Å². The first-order chi connectivity index (χ1) is 8.72. The van der Waals surface area contributed by atoms with E-state index in [1.807, 2.05) is 23.3 Å². The fraction of sp³-hybridized carbons (Fsp3) is 0.692. The summed E-state index contributed by atoms with van der Waals surface area (Å²) in [6.07, 6.45) is 2.12. The van der Waals surface area contributed by atoms with Crippen molar-refractivity contribution in [3.8, 4) is 0 Å². The molecule has 100 valence electrons. The second-order valence-electron chi connectivity index (χ2n) is 4.64. The molecule has 0 saturated carbocycles. The lowest BCUT2D eigenvalue weighted by molar-refractivity contribution is 0.588. The number of aryl methyl sites for hydroxylation is 1. The predicted molar refractivity (Wildman–Crippen MR) is 77.7 cm³/mol. The van der Waals surface area contributed by atoms with Crippen LogP contribution in [0, 0.1) is 6.92 Å². The van der Waals surface area contributed by atoms with Crippen LogP contribution in [0.2, 0.25) is 0 Å². The molecule has 1 fully saturated rings. The summed E-state index contributed by atoms with van der Waals surface area (Å²) in [5.41, 5.74) is 0.908. The number of anilines is 1. The molecule has 1 aliphatic rings. The van der Waals surface area contributed by atoms with Gasteiger partial charge in [-0.3, -0.25) is 9.36 Å². The zero-order valence-electron chi connectivity index (χ0n) is 11.2. The lowest BCUT2D eigenvalue weighted by Crippen LogP contribution is -2.38. The lowest BCUT2D eigenvalue weighted by atomic mass is 10.3. The molecule has 0 N–H and O–H groups in total. The van der Waals surface area contributed by atoms with Gasteiger partial charge < -0.3 is 4.90 Å². The molecule has 4 nitrogen and oxygen atoms in total. The molecule has 0 atom stereocenters. The fourth-order valence-corrected chi connectivity index (χ4v) is 3.04. The molecule has 1 aromatic heterocycles. The van der Waals surface area contributed by atoms with Crippen LogP contribution in [-0.2, 0) is 6.54 Å². The number of thioether (sulfide) groups is 1. The quantitative estimate of drug-likeness (QED) is 0.835. The second kappa shape index (κ2) is 6.27. The average Bonchev–Trinajstić information content (AvgIpc) is 2.38. The summed E-state index contributed by atoms with van der Waals surface area (Å²) in [5.74, 6) is 3.11. The minimum absolute atomic E-state index is 0.0872. The zero-order chi connectivity index (χ0) is 13.0. The van der Waals surface area contributed by atoms with E-state index in [1.54, 1.807) is 6.07 Å². The smallest absolute Gasteiger partial charge is 0.255 e. The van der Waals surface area contributed by atoms with Crippen LogP contribution in [0.3, 0.4) is 0 Å². The summed E-state index contributed by atoms with van der Waals surface area (Å²) in [6.45, 7) is 6.80. The van der Waals surface area contributed by atoms with Crippen molar-refractivity contribution in [3.05, 3.63) is 22.1 Å². The molecule has 1 saturated heterocycles. The number of hydrogen-bond donors (Lipinski definition) is 0. The van der Waals surface area contributed by atoms with Gasteiger partial charge in [0.25, 0.3) is 5.56 Å². The van der Waals surface area contributed by atoms with Crippen molar-refractivity contribution in [1.82, 2.24) is 9.55 Å². The number of rotatable bonds is 4. The van der Waals surface area contributed by atoms with E-state index in [-0.39, 0.29) is 5.56 Å². The lowest BCUT2D eigenvalue weighted by Gasteiger charge is -2.29. The summed E-state index contributed by atoms with van der Waals surface area (Å²) in [7, 11) is 0. The Morgan fingerprint density at radius 1 is 1.39 bits per heavy atom. The van der Waals surface area contributed by atoms with Crippen LogP contribution in [0.15, 0.2) is 10.9 Å². The molecule has 2 rings (SSSR count). The van der Waals surface area contributed by atoms with Gasteiger partial charge >= 0.3 is 0 Å². The van der Waals surface area contributed by atoms with E-state index in [9.17, 15) is 4.79 Å². The van der Waals surface area contributed by atoms with Crippen LogP contribution in [-0.4, -0.2) is 34.1 Å². The van der Waals surface area contributed by atoms with E-state index in [4.69, 9.17) is 0 Å². The van der Waals surface area contributed by atoms with Gasteiger partial charge in [-0.15, -0.1) is 0 Å². The molecule has 0 amide bonds. The highest BCUT2D eigenvalue weighted by Crippen LogP contribution is 2.17. The van der Waals surface area contributed by atoms with Gasteiger partial charge in [-0.1, -0.05) is 13.3 Å². The maximum atomic E-state index is 12.1. The first kappa shape index (κ1) is 13.5. The molecule has 0 aliphatic carbocycles. The summed E-state index contributed by atoms with van der Waals surface area (Å²) in [5, 5.41) is 0. The summed E-state index contributed by atoms with van der Waals surface area (Å²) in [6, 6.07) is 1.64. The van der Waals surface area contributed by atoms with Gasteiger partial charge in [0.05, 0.1) is 0 Å². The van der Waals surface area contributed by atoms with E-state index in [2.05, 4.69) is 16.8 Å². The van der Waals surface area contributed by atoms with Gasteiger partial charge in [-0.05, 0) is 13.3 Å². The standard InChI is InChI=1S/C13H21N3OS/c1-3-4-5-16-12(17)10-11(2)14-13(16)15-6-8-18-9-7-15/h10H,3-9H2,1-2H3. The molecule has 0 spiro atoms. The molecule has 5 heteroatoms. The van der Waals surface area contributed by atoms with E-state index in [0.717, 1.165) is 55.6 Å². The number of aromatic nitrogens is 2. The van der Waals surface area contributed by atoms with Crippen molar-refractivity contribution in [2.75, 3.05) is 29.5 Å². The molecular weight excluding hydrogens is 246 g/mol. The monoisotopic (exact) mass is 267 g/mol. The first-order valence-corrected chi connectivity index (χ1v) is 7.79. The van der Waals surface area contributed by atoms with Gasteiger partial charge in [0, 0.05) is 42.9 Å². The third-order valence-corrected chi connectivity index (χ3v) is 4.09. The molecule has 0 aromatic carbocycles. The molecular formula is C13H21N3OS. The number of unbranched alkanes of at least 4 members (excludes halogenated alkanes) is 1. The summed E-state index contributed by atoms with van der Waals surface area (Å²) in [4.78, 5) is 18.9. The third-order valence-electron chi connectivity index (χ3n) is 3.15.